The van der Waals surface area contributed by atoms with Crippen LogP contribution in [-0.4, -0.2) is 40.8 Å². The van der Waals surface area contributed by atoms with Gasteiger partial charge in [0.05, 0.1) is 12.4 Å². The van der Waals surface area contributed by atoms with Gasteiger partial charge in [-0.05, 0) is 66.1 Å². The molecule has 9 heteroatoms. The first-order chi connectivity index (χ1) is 15.7. The van der Waals surface area contributed by atoms with E-state index in [-0.39, 0.29) is 11.8 Å². The van der Waals surface area contributed by atoms with E-state index in [1.54, 1.807) is 85.7 Å². The van der Waals surface area contributed by atoms with Gasteiger partial charge in [-0.25, -0.2) is 10.9 Å². The third kappa shape index (κ3) is 7.79. The van der Waals surface area contributed by atoms with Crippen LogP contribution >= 0.6 is 0 Å². The van der Waals surface area contributed by atoms with Crippen molar-refractivity contribution in [2.24, 2.45) is 10.2 Å². The van der Waals surface area contributed by atoms with Crippen LogP contribution in [0.25, 0.3) is 0 Å². The Labute approximate surface area is 185 Å². The summed E-state index contributed by atoms with van der Waals surface area (Å²) in [6.07, 6.45) is 10.7. The molecule has 3 aromatic rings. The molecule has 0 fully saturated rings. The second kappa shape index (κ2) is 12.3. The fourth-order valence-corrected chi connectivity index (χ4v) is 2.58. The third-order valence-electron chi connectivity index (χ3n) is 4.25. The number of nitrogens with one attached hydrogen (secondary N) is 3. The molecular formula is C23H23N7O2. The van der Waals surface area contributed by atoms with E-state index in [1.807, 2.05) is 0 Å². The summed E-state index contributed by atoms with van der Waals surface area (Å²) in [5, 5.41) is 11.1. The van der Waals surface area contributed by atoms with Gasteiger partial charge < -0.3 is 5.32 Å². The molecule has 3 rings (SSSR count). The Bertz CT molecular complexity index is 1050. The zero-order valence-electron chi connectivity index (χ0n) is 17.3. The number of benzene rings is 1. The minimum atomic E-state index is -0.300. The lowest BCUT2D eigenvalue weighted by molar-refractivity contribution is -0.121. The van der Waals surface area contributed by atoms with Crippen LogP contribution in [0.5, 0.6) is 0 Å². The molecule has 0 aliphatic heterocycles. The average Bonchev–Trinajstić information content (AvgIpc) is 2.83. The molecule has 3 N–H and O–H groups in total. The van der Waals surface area contributed by atoms with Crippen molar-refractivity contribution in [3.05, 3.63) is 90.0 Å². The highest BCUT2D eigenvalue weighted by Gasteiger charge is 2.04. The van der Waals surface area contributed by atoms with Crippen molar-refractivity contribution in [1.82, 2.24) is 20.8 Å². The van der Waals surface area contributed by atoms with E-state index in [9.17, 15) is 9.59 Å². The molecule has 0 spiro atoms. The number of carbonyl (C=O) groups excluding carboxylic acids is 2. The number of pyridine rings is 2. The zero-order chi connectivity index (χ0) is 22.4. The molecule has 162 valence electrons. The van der Waals surface area contributed by atoms with E-state index in [2.05, 4.69) is 36.3 Å². The van der Waals surface area contributed by atoms with Crippen molar-refractivity contribution in [2.45, 2.75) is 12.8 Å². The molecule has 2 aromatic heterocycles. The molecule has 32 heavy (non-hydrogen) atoms. The van der Waals surface area contributed by atoms with Crippen LogP contribution in [0, 0.1) is 0 Å². The summed E-state index contributed by atoms with van der Waals surface area (Å²) in [5.74, 6) is -0.456. The number of hydrazone groups is 2. The molecule has 2 amide bonds. The van der Waals surface area contributed by atoms with E-state index >= 15 is 0 Å². The van der Waals surface area contributed by atoms with Gasteiger partial charge >= 0.3 is 0 Å². The predicted molar refractivity (Wildman–Crippen MR) is 123 cm³/mol. The fraction of sp³-hybridized carbons (Fsp3) is 0.130. The van der Waals surface area contributed by atoms with Crippen LogP contribution in [0.15, 0.2) is 83.5 Å². The third-order valence-corrected chi connectivity index (χ3v) is 4.25. The first kappa shape index (κ1) is 22.3. The average molecular weight is 429 g/mol. The summed E-state index contributed by atoms with van der Waals surface area (Å²) in [6, 6.07) is 14.2. The van der Waals surface area contributed by atoms with E-state index in [4.69, 9.17) is 0 Å². The summed E-state index contributed by atoms with van der Waals surface area (Å²) < 4.78 is 0. The lowest BCUT2D eigenvalue weighted by atomic mass is 10.2. The molecule has 0 aliphatic carbocycles. The van der Waals surface area contributed by atoms with Gasteiger partial charge in [-0.15, -0.1) is 0 Å². The standard InChI is InChI=1S/C23H23N7O2/c31-22(29-27-16-18-7-12-24-13-8-18)2-1-11-26-21-5-3-20(4-6-21)23(32)30-28-17-19-9-14-25-15-10-19/h3-10,12-17,26H,1-2,11H2,(H,29,31)(H,30,32)/b27-16+,28-17+. The first-order valence-corrected chi connectivity index (χ1v) is 10.00. The van der Waals surface area contributed by atoms with E-state index in [0.717, 1.165) is 16.8 Å². The molecule has 0 radical (unpaired) electrons. The fourth-order valence-electron chi connectivity index (χ4n) is 2.58. The van der Waals surface area contributed by atoms with Gasteiger partial charge in [-0.3, -0.25) is 19.6 Å². The van der Waals surface area contributed by atoms with Crippen LogP contribution in [0.4, 0.5) is 5.69 Å². The van der Waals surface area contributed by atoms with Crippen molar-refractivity contribution in [1.29, 1.82) is 0 Å². The Hall–Kier alpha value is -4.40. The summed E-state index contributed by atoms with van der Waals surface area (Å²) in [4.78, 5) is 31.8. The molecule has 1 aromatic carbocycles. The van der Waals surface area contributed by atoms with E-state index in [0.29, 0.717) is 24.9 Å². The molecule has 0 bridgehead atoms. The predicted octanol–water partition coefficient (Wildman–Crippen LogP) is 2.58. The number of nitrogens with zero attached hydrogens (tertiary/aromatic N) is 4. The van der Waals surface area contributed by atoms with Crippen molar-refractivity contribution < 1.29 is 9.59 Å². The Morgan fingerprint density at radius 1 is 0.781 bits per heavy atom. The molecule has 0 unspecified atom stereocenters. The topological polar surface area (TPSA) is 121 Å². The maximum Gasteiger partial charge on any atom is 0.271 e. The van der Waals surface area contributed by atoms with Crippen LogP contribution in [-0.2, 0) is 4.79 Å². The Morgan fingerprint density at radius 3 is 1.94 bits per heavy atom. The van der Waals surface area contributed by atoms with E-state index in [1.165, 1.54) is 0 Å². The van der Waals surface area contributed by atoms with Gasteiger partial charge in [0, 0.05) is 49.0 Å². The number of hydrogen-bond acceptors (Lipinski definition) is 7. The number of hydrogen-bond donors (Lipinski definition) is 3. The minimum absolute atomic E-state index is 0.156. The lowest BCUT2D eigenvalue weighted by Crippen LogP contribution is -2.18. The normalized spacial score (nSPS) is 10.9. The largest absolute Gasteiger partial charge is 0.385 e. The number of aromatic nitrogens is 2. The minimum Gasteiger partial charge on any atom is -0.385 e. The van der Waals surface area contributed by atoms with Crippen molar-refractivity contribution in [3.8, 4) is 0 Å². The van der Waals surface area contributed by atoms with Crippen LogP contribution in [0.3, 0.4) is 0 Å². The second-order valence-corrected chi connectivity index (χ2v) is 6.66. The Morgan fingerprint density at radius 2 is 1.34 bits per heavy atom. The van der Waals surface area contributed by atoms with Gasteiger partial charge in [0.15, 0.2) is 0 Å². The Kier molecular flexibility index (Phi) is 8.59. The highest BCUT2D eigenvalue weighted by Crippen LogP contribution is 2.10. The maximum atomic E-state index is 12.1. The molecule has 9 nitrogen and oxygen atoms in total. The van der Waals surface area contributed by atoms with Crippen LogP contribution < -0.4 is 16.2 Å². The number of rotatable bonds is 10. The Balaban J connectivity index is 1.33. The van der Waals surface area contributed by atoms with Gasteiger partial charge in [0.2, 0.25) is 5.91 Å². The summed E-state index contributed by atoms with van der Waals surface area (Å²) in [7, 11) is 0. The smallest absolute Gasteiger partial charge is 0.271 e. The summed E-state index contributed by atoms with van der Waals surface area (Å²) >= 11 is 0. The van der Waals surface area contributed by atoms with Crippen LogP contribution in [0.1, 0.15) is 34.3 Å². The number of amides is 2. The zero-order valence-corrected chi connectivity index (χ0v) is 17.3. The van der Waals surface area contributed by atoms with Gasteiger partial charge in [-0.2, -0.15) is 10.2 Å². The van der Waals surface area contributed by atoms with Crippen molar-refractivity contribution >= 4 is 29.9 Å². The summed E-state index contributed by atoms with van der Waals surface area (Å²) in [5.41, 5.74) is 8.05. The van der Waals surface area contributed by atoms with Crippen molar-refractivity contribution in [3.63, 3.8) is 0 Å². The van der Waals surface area contributed by atoms with Crippen LogP contribution in [0.2, 0.25) is 0 Å². The second-order valence-electron chi connectivity index (χ2n) is 6.66. The summed E-state index contributed by atoms with van der Waals surface area (Å²) in [6.45, 7) is 0.614. The SMILES string of the molecule is O=C(CCCNc1ccc(C(=O)N/N=C/c2ccncc2)cc1)N/N=C/c1ccncc1. The van der Waals surface area contributed by atoms with Crippen molar-refractivity contribution in [2.75, 3.05) is 11.9 Å². The molecule has 2 heterocycles. The van der Waals surface area contributed by atoms with Gasteiger partial charge in [0.1, 0.15) is 0 Å². The van der Waals surface area contributed by atoms with E-state index < -0.39 is 0 Å². The monoisotopic (exact) mass is 429 g/mol. The lowest BCUT2D eigenvalue weighted by Gasteiger charge is -2.07. The quantitative estimate of drug-likeness (QED) is 0.260. The molecule has 0 atom stereocenters. The highest BCUT2D eigenvalue weighted by atomic mass is 16.2. The first-order valence-electron chi connectivity index (χ1n) is 10.00. The molecule has 0 saturated heterocycles. The molecule has 0 aliphatic rings. The highest BCUT2D eigenvalue weighted by molar-refractivity contribution is 5.95. The van der Waals surface area contributed by atoms with Gasteiger partial charge in [0.25, 0.3) is 5.91 Å². The molecular weight excluding hydrogens is 406 g/mol. The number of anilines is 1. The number of carbonyl (C=O) groups is 2. The maximum absolute atomic E-state index is 12.1. The molecule has 0 saturated carbocycles. The van der Waals surface area contributed by atoms with Gasteiger partial charge in [-0.1, -0.05) is 0 Å².